The molecule has 0 aromatic heterocycles. The first-order chi connectivity index (χ1) is 12.1. The number of hydrogen-bond acceptors (Lipinski definition) is 5. The molecule has 0 saturated carbocycles. The van der Waals surface area contributed by atoms with E-state index in [1.807, 2.05) is 19.9 Å². The van der Waals surface area contributed by atoms with E-state index in [1.54, 1.807) is 26.8 Å². The van der Waals surface area contributed by atoms with Gasteiger partial charge in [0, 0.05) is 23.1 Å². The van der Waals surface area contributed by atoms with E-state index in [1.165, 1.54) is 13.2 Å². The molecule has 1 aromatic rings. The average molecular weight is 360 g/mol. The van der Waals surface area contributed by atoms with Crippen LogP contribution in [0, 0.1) is 6.92 Å². The van der Waals surface area contributed by atoms with E-state index in [0.717, 1.165) is 5.57 Å². The van der Waals surface area contributed by atoms with Crippen LogP contribution in [-0.4, -0.2) is 29.4 Å². The van der Waals surface area contributed by atoms with Crippen LogP contribution < -0.4 is 4.74 Å². The van der Waals surface area contributed by atoms with Crippen LogP contribution in [0.2, 0.25) is 0 Å². The lowest BCUT2D eigenvalue weighted by atomic mass is 9.96. The number of ether oxygens (including phenoxy) is 2. The second-order valence-electron chi connectivity index (χ2n) is 6.36. The van der Waals surface area contributed by atoms with Crippen molar-refractivity contribution in [2.24, 2.45) is 0 Å². The molecule has 0 bridgehead atoms. The monoisotopic (exact) mass is 360 g/mol. The van der Waals surface area contributed by atoms with Crippen LogP contribution in [0.1, 0.15) is 45.2 Å². The summed E-state index contributed by atoms with van der Waals surface area (Å²) in [5, 5.41) is 20.6. The number of phenolic OH excluding ortho intramolecular Hbond substituents is 2. The summed E-state index contributed by atoms with van der Waals surface area (Å²) in [6.45, 7) is 12.9. The number of methoxy groups -OCH3 is 1. The number of phenols is 2. The summed E-state index contributed by atoms with van der Waals surface area (Å²) in [5.41, 5.74) is 2.63. The van der Waals surface area contributed by atoms with Gasteiger partial charge in [-0.15, -0.1) is 0 Å². The van der Waals surface area contributed by atoms with Gasteiger partial charge in [0.05, 0.1) is 7.11 Å². The highest BCUT2D eigenvalue weighted by Gasteiger charge is 2.24. The van der Waals surface area contributed by atoms with Crippen LogP contribution in [0.15, 0.2) is 35.9 Å². The molecule has 0 aliphatic carbocycles. The highest BCUT2D eigenvalue weighted by molar-refractivity contribution is 5.89. The fourth-order valence-corrected chi connectivity index (χ4v) is 2.34. The number of aromatic hydroxyl groups is 2. The molecule has 5 heteroatoms. The summed E-state index contributed by atoms with van der Waals surface area (Å²) >= 11 is 0. The Labute approximate surface area is 155 Å². The van der Waals surface area contributed by atoms with Gasteiger partial charge in [-0.3, -0.25) is 0 Å². The second-order valence-corrected chi connectivity index (χ2v) is 6.36. The zero-order chi connectivity index (χ0) is 20.0. The van der Waals surface area contributed by atoms with Crippen molar-refractivity contribution in [3.8, 4) is 17.2 Å². The molecule has 2 N–H and O–H groups in total. The van der Waals surface area contributed by atoms with Crippen molar-refractivity contribution in [2.75, 3.05) is 7.11 Å². The molecular formula is C21H28O5. The van der Waals surface area contributed by atoms with E-state index < -0.39 is 12.1 Å². The molecule has 0 aliphatic heterocycles. The van der Waals surface area contributed by atoms with Crippen LogP contribution in [0.5, 0.6) is 17.2 Å². The van der Waals surface area contributed by atoms with E-state index in [4.69, 9.17) is 9.47 Å². The lowest BCUT2D eigenvalue weighted by Crippen LogP contribution is -2.20. The molecule has 26 heavy (non-hydrogen) atoms. The fourth-order valence-electron chi connectivity index (χ4n) is 2.34. The molecule has 0 radical (unpaired) electrons. The highest BCUT2D eigenvalue weighted by atomic mass is 16.5. The summed E-state index contributed by atoms with van der Waals surface area (Å²) < 4.78 is 10.8. The molecule has 0 saturated heterocycles. The largest absolute Gasteiger partial charge is 0.508 e. The van der Waals surface area contributed by atoms with Gasteiger partial charge in [0.25, 0.3) is 0 Å². The molecule has 0 aliphatic rings. The van der Waals surface area contributed by atoms with E-state index in [-0.39, 0.29) is 22.8 Å². The van der Waals surface area contributed by atoms with Gasteiger partial charge >= 0.3 is 5.97 Å². The van der Waals surface area contributed by atoms with Crippen molar-refractivity contribution < 1.29 is 24.5 Å². The quantitative estimate of drug-likeness (QED) is 0.320. The first kappa shape index (κ1) is 21.4. The maximum Gasteiger partial charge on any atom is 0.333 e. The Balaban J connectivity index is 3.34. The van der Waals surface area contributed by atoms with E-state index in [0.29, 0.717) is 23.1 Å². The van der Waals surface area contributed by atoms with Crippen LogP contribution in [0.25, 0.3) is 5.57 Å². The number of hydrogen-bond donors (Lipinski definition) is 2. The topological polar surface area (TPSA) is 76.0 Å². The van der Waals surface area contributed by atoms with E-state index >= 15 is 0 Å². The number of rotatable bonds is 7. The third-order valence-corrected chi connectivity index (χ3v) is 4.16. The van der Waals surface area contributed by atoms with Crippen LogP contribution in [-0.2, 0) is 9.53 Å². The summed E-state index contributed by atoms with van der Waals surface area (Å²) in [4.78, 5) is 12.2. The molecule has 0 heterocycles. The molecule has 0 unspecified atom stereocenters. The van der Waals surface area contributed by atoms with Crippen molar-refractivity contribution in [2.45, 2.75) is 47.1 Å². The summed E-state index contributed by atoms with van der Waals surface area (Å²) in [6.07, 6.45) is 3.31. The third-order valence-electron chi connectivity index (χ3n) is 4.16. The van der Waals surface area contributed by atoms with Crippen molar-refractivity contribution in [1.82, 2.24) is 0 Å². The minimum atomic E-state index is -0.690. The smallest absolute Gasteiger partial charge is 0.333 e. The molecule has 0 fully saturated rings. The van der Waals surface area contributed by atoms with Gasteiger partial charge in [-0.05, 0) is 46.3 Å². The Morgan fingerprint density at radius 3 is 2.42 bits per heavy atom. The predicted octanol–water partition coefficient (Wildman–Crippen LogP) is 4.66. The normalized spacial score (nSPS) is 12.3. The summed E-state index contributed by atoms with van der Waals surface area (Å²) in [6, 6.07) is 1.40. The molecule has 1 rings (SSSR count). The van der Waals surface area contributed by atoms with Gasteiger partial charge in [-0.1, -0.05) is 24.3 Å². The Morgan fingerprint density at radius 2 is 1.92 bits per heavy atom. The standard InChI is InChI=1S/C21H28O5/c1-8-13(4)21(24)26-18(10-9-12(2)3)14(5)16-11-17(22)15(6)20(25-7)19(16)23/h8-9,11,18,22-23H,5,10H2,1-4,6-7H3/t18-/m0/s1. The second kappa shape index (κ2) is 9.13. The SMILES string of the molecule is C=C(c1cc(O)c(C)c(OC)c1O)[C@H](CC=C(C)C)OC(=O)C(C)=CC. The van der Waals surface area contributed by atoms with Gasteiger partial charge in [0.2, 0.25) is 0 Å². The number of benzene rings is 1. The number of esters is 1. The van der Waals surface area contributed by atoms with Crippen LogP contribution in [0.3, 0.4) is 0 Å². The van der Waals surface area contributed by atoms with E-state index in [9.17, 15) is 15.0 Å². The molecule has 5 nitrogen and oxygen atoms in total. The average Bonchev–Trinajstić information content (AvgIpc) is 2.60. The number of allylic oxidation sites excluding steroid dienone is 2. The van der Waals surface area contributed by atoms with Gasteiger partial charge < -0.3 is 19.7 Å². The first-order valence-corrected chi connectivity index (χ1v) is 8.39. The van der Waals surface area contributed by atoms with Crippen molar-refractivity contribution in [3.63, 3.8) is 0 Å². The Kier molecular flexibility index (Phi) is 7.50. The number of carbonyl (C=O) groups excluding carboxylic acids is 1. The van der Waals surface area contributed by atoms with Crippen LogP contribution in [0.4, 0.5) is 0 Å². The van der Waals surface area contributed by atoms with Crippen molar-refractivity contribution in [3.05, 3.63) is 47.1 Å². The van der Waals surface area contributed by atoms with Gasteiger partial charge in [-0.2, -0.15) is 0 Å². The molecule has 1 aromatic carbocycles. The zero-order valence-corrected chi connectivity index (χ0v) is 16.3. The highest BCUT2D eigenvalue weighted by Crippen LogP contribution is 2.42. The fraction of sp³-hybridized carbons (Fsp3) is 0.381. The maximum absolute atomic E-state index is 12.2. The third kappa shape index (κ3) is 4.91. The van der Waals surface area contributed by atoms with Crippen LogP contribution >= 0.6 is 0 Å². The Morgan fingerprint density at radius 1 is 1.31 bits per heavy atom. The van der Waals surface area contributed by atoms with E-state index in [2.05, 4.69) is 6.58 Å². The van der Waals surface area contributed by atoms with Crippen molar-refractivity contribution >= 4 is 11.5 Å². The molecular weight excluding hydrogens is 332 g/mol. The minimum absolute atomic E-state index is 0.0345. The maximum atomic E-state index is 12.2. The zero-order valence-electron chi connectivity index (χ0n) is 16.3. The molecule has 0 spiro atoms. The molecule has 0 amide bonds. The Bertz CT molecular complexity index is 752. The van der Waals surface area contributed by atoms with Gasteiger partial charge in [-0.25, -0.2) is 4.79 Å². The Hall–Kier alpha value is -2.69. The lowest BCUT2D eigenvalue weighted by Gasteiger charge is -2.22. The lowest BCUT2D eigenvalue weighted by molar-refractivity contribution is -0.141. The summed E-state index contributed by atoms with van der Waals surface area (Å²) in [5.74, 6) is -0.469. The minimum Gasteiger partial charge on any atom is -0.508 e. The van der Waals surface area contributed by atoms with Gasteiger partial charge in [0.1, 0.15) is 11.9 Å². The van der Waals surface area contributed by atoms with Crippen molar-refractivity contribution in [1.29, 1.82) is 0 Å². The molecule has 142 valence electrons. The first-order valence-electron chi connectivity index (χ1n) is 8.39. The number of carbonyl (C=O) groups is 1. The summed E-state index contributed by atoms with van der Waals surface area (Å²) in [7, 11) is 1.41. The van der Waals surface area contributed by atoms with Gasteiger partial charge in [0.15, 0.2) is 11.5 Å². The molecule has 1 atom stereocenters. The predicted molar refractivity (Wildman–Crippen MR) is 103 cm³/mol.